The molecule has 1 aromatic rings. The lowest BCUT2D eigenvalue weighted by Gasteiger charge is -2.02. The average Bonchev–Trinajstić information content (AvgIpc) is 2.27. The number of benzene rings is 1. The van der Waals surface area contributed by atoms with E-state index in [4.69, 9.17) is 15.4 Å². The van der Waals surface area contributed by atoms with Crippen LogP contribution in [-0.4, -0.2) is 26.7 Å². The second kappa shape index (κ2) is 6.56. The van der Waals surface area contributed by atoms with E-state index in [1.165, 1.54) is 6.08 Å². The summed E-state index contributed by atoms with van der Waals surface area (Å²) in [5.74, 6) is -0.703. The van der Waals surface area contributed by atoms with Gasteiger partial charge in [-0.2, -0.15) is 0 Å². The van der Waals surface area contributed by atoms with Crippen LogP contribution in [0.1, 0.15) is 17.3 Å². The number of carbonyl (C=O) groups excluding carboxylic acids is 1. The Kier molecular flexibility index (Phi) is 5.37. The maximum atomic E-state index is 11.5. The maximum absolute atomic E-state index is 11.5. The minimum atomic E-state index is -3.56. The quantitative estimate of drug-likeness (QED) is 0.474. The topological polar surface area (TPSA) is 60.4 Å². The van der Waals surface area contributed by atoms with Crippen LogP contribution in [0.3, 0.4) is 0 Å². The minimum Gasteiger partial charge on any atom is -0.458 e. The van der Waals surface area contributed by atoms with Gasteiger partial charge in [0.2, 0.25) is 9.05 Å². The van der Waals surface area contributed by atoms with Gasteiger partial charge in [0.25, 0.3) is 0 Å². The van der Waals surface area contributed by atoms with Gasteiger partial charge in [-0.25, -0.2) is 13.2 Å². The highest BCUT2D eigenvalue weighted by atomic mass is 35.7. The molecule has 18 heavy (non-hydrogen) atoms. The number of carbonyl (C=O) groups is 1. The van der Waals surface area contributed by atoms with Crippen LogP contribution in [0, 0.1) is 0 Å². The molecule has 0 atom stereocenters. The van der Waals surface area contributed by atoms with Crippen molar-refractivity contribution in [3.05, 3.63) is 47.5 Å². The van der Waals surface area contributed by atoms with Crippen molar-refractivity contribution in [3.8, 4) is 0 Å². The Balaban J connectivity index is 2.47. The summed E-state index contributed by atoms with van der Waals surface area (Å²) < 4.78 is 26.5. The van der Waals surface area contributed by atoms with E-state index in [2.05, 4.69) is 0 Å². The Bertz CT molecular complexity index is 534. The van der Waals surface area contributed by atoms with Crippen LogP contribution >= 0.6 is 10.7 Å². The normalized spacial score (nSPS) is 12.2. The molecule has 0 radical (unpaired) electrons. The molecule has 1 rings (SSSR count). The molecule has 0 saturated heterocycles. The van der Waals surface area contributed by atoms with Gasteiger partial charge in [-0.3, -0.25) is 0 Å². The number of hydrogen-bond donors (Lipinski definition) is 0. The Hall–Kier alpha value is -1.33. The summed E-state index contributed by atoms with van der Waals surface area (Å²) in [5, 5.41) is 0. The zero-order valence-electron chi connectivity index (χ0n) is 9.80. The van der Waals surface area contributed by atoms with Crippen molar-refractivity contribution in [2.45, 2.75) is 6.92 Å². The molecule has 0 bridgehead atoms. The summed E-state index contributed by atoms with van der Waals surface area (Å²) >= 11 is 0. The third kappa shape index (κ3) is 5.84. The molecule has 0 aromatic heterocycles. The first-order valence-corrected chi connectivity index (χ1v) is 7.66. The lowest BCUT2D eigenvalue weighted by Crippen LogP contribution is -2.06. The molecular formula is C12H13ClO4S. The van der Waals surface area contributed by atoms with E-state index in [0.29, 0.717) is 11.1 Å². The molecule has 0 aliphatic carbocycles. The van der Waals surface area contributed by atoms with Crippen LogP contribution in [0.15, 0.2) is 42.0 Å². The molecule has 0 unspecified atom stereocenters. The van der Waals surface area contributed by atoms with E-state index < -0.39 is 15.0 Å². The third-order valence-electron chi connectivity index (χ3n) is 2.06. The van der Waals surface area contributed by atoms with Gasteiger partial charge in [-0.1, -0.05) is 23.8 Å². The van der Waals surface area contributed by atoms with Gasteiger partial charge in [-0.05, 0) is 25.1 Å². The first-order valence-electron chi connectivity index (χ1n) is 5.18. The van der Waals surface area contributed by atoms with Crippen molar-refractivity contribution in [2.75, 3.05) is 12.4 Å². The van der Waals surface area contributed by atoms with E-state index in [0.717, 1.165) is 0 Å². The van der Waals surface area contributed by atoms with E-state index in [-0.39, 0.29) is 12.4 Å². The lowest BCUT2D eigenvalue weighted by molar-refractivity contribution is 0.0549. The Morgan fingerprint density at radius 3 is 2.50 bits per heavy atom. The largest absolute Gasteiger partial charge is 0.458 e. The number of hydrogen-bond acceptors (Lipinski definition) is 4. The van der Waals surface area contributed by atoms with Crippen molar-refractivity contribution in [1.29, 1.82) is 0 Å². The number of esters is 1. The van der Waals surface area contributed by atoms with Crippen molar-refractivity contribution < 1.29 is 17.9 Å². The molecule has 0 spiro atoms. The van der Waals surface area contributed by atoms with Gasteiger partial charge in [0.1, 0.15) is 6.61 Å². The van der Waals surface area contributed by atoms with E-state index >= 15 is 0 Å². The van der Waals surface area contributed by atoms with Crippen molar-refractivity contribution in [3.63, 3.8) is 0 Å². The summed E-state index contributed by atoms with van der Waals surface area (Å²) in [4.78, 5) is 11.5. The van der Waals surface area contributed by atoms with E-state index in [1.807, 2.05) is 0 Å². The zero-order valence-corrected chi connectivity index (χ0v) is 11.4. The fourth-order valence-corrected chi connectivity index (χ4v) is 2.43. The van der Waals surface area contributed by atoms with Gasteiger partial charge in [0.05, 0.1) is 11.3 Å². The molecule has 0 saturated carbocycles. The molecule has 0 heterocycles. The van der Waals surface area contributed by atoms with Crippen LogP contribution in [0.5, 0.6) is 0 Å². The molecular weight excluding hydrogens is 276 g/mol. The highest BCUT2D eigenvalue weighted by Crippen LogP contribution is 2.05. The number of rotatable bonds is 5. The fraction of sp³-hybridized carbons (Fsp3) is 0.250. The zero-order chi connectivity index (χ0) is 13.6. The number of halogens is 1. The van der Waals surface area contributed by atoms with Gasteiger partial charge in [0, 0.05) is 10.7 Å². The summed E-state index contributed by atoms with van der Waals surface area (Å²) in [7, 11) is 1.53. The van der Waals surface area contributed by atoms with Crippen molar-refractivity contribution >= 4 is 25.7 Å². The first kappa shape index (κ1) is 14.7. The Labute approximate surface area is 111 Å². The molecule has 6 heteroatoms. The molecule has 0 amide bonds. The van der Waals surface area contributed by atoms with Crippen LogP contribution in [-0.2, 0) is 13.8 Å². The minimum absolute atomic E-state index is 0.0198. The third-order valence-corrected chi connectivity index (χ3v) is 3.18. The second-order valence-corrected chi connectivity index (χ2v) is 6.48. The van der Waals surface area contributed by atoms with Crippen LogP contribution in [0.4, 0.5) is 0 Å². The lowest BCUT2D eigenvalue weighted by atomic mass is 10.2. The summed E-state index contributed by atoms with van der Waals surface area (Å²) in [6.45, 7) is 1.63. The molecule has 0 N–H and O–H groups in total. The van der Waals surface area contributed by atoms with Crippen LogP contribution in [0.25, 0.3) is 0 Å². The monoisotopic (exact) mass is 288 g/mol. The van der Waals surface area contributed by atoms with Crippen molar-refractivity contribution in [2.24, 2.45) is 0 Å². The summed E-state index contributed by atoms with van der Waals surface area (Å²) in [5.41, 5.74) is 0.986. The highest BCUT2D eigenvalue weighted by molar-refractivity contribution is 8.13. The maximum Gasteiger partial charge on any atom is 0.338 e. The molecule has 1 aromatic carbocycles. The smallest absolute Gasteiger partial charge is 0.338 e. The number of ether oxygens (including phenoxy) is 1. The van der Waals surface area contributed by atoms with Gasteiger partial charge in [0.15, 0.2) is 0 Å². The molecule has 98 valence electrons. The van der Waals surface area contributed by atoms with Crippen LogP contribution < -0.4 is 0 Å². The van der Waals surface area contributed by atoms with E-state index in [9.17, 15) is 13.2 Å². The van der Waals surface area contributed by atoms with Gasteiger partial charge >= 0.3 is 5.97 Å². The highest BCUT2D eigenvalue weighted by Gasteiger charge is 2.07. The van der Waals surface area contributed by atoms with Crippen molar-refractivity contribution in [1.82, 2.24) is 0 Å². The summed E-state index contributed by atoms with van der Waals surface area (Å²) in [6.07, 6.45) is 1.51. The predicted molar refractivity (Wildman–Crippen MR) is 70.1 cm³/mol. The summed E-state index contributed by atoms with van der Waals surface area (Å²) in [6, 6.07) is 8.55. The molecule has 4 nitrogen and oxygen atoms in total. The SMILES string of the molecule is C/C(=C/COC(=O)c1ccccc1)CS(=O)(=O)Cl. The van der Waals surface area contributed by atoms with Crippen LogP contribution in [0.2, 0.25) is 0 Å². The second-order valence-electron chi connectivity index (χ2n) is 3.70. The van der Waals surface area contributed by atoms with Gasteiger partial charge < -0.3 is 4.74 Å². The fourth-order valence-electron chi connectivity index (χ4n) is 1.25. The molecule has 0 aliphatic rings. The van der Waals surface area contributed by atoms with E-state index in [1.54, 1.807) is 37.3 Å². The predicted octanol–water partition coefficient (Wildman–Crippen LogP) is 2.36. The molecule has 0 fully saturated rings. The standard InChI is InChI=1S/C12H13ClO4S/c1-10(9-18(13,15)16)7-8-17-12(14)11-5-3-2-4-6-11/h2-7H,8-9H2,1H3/b10-7-. The van der Waals surface area contributed by atoms with Gasteiger partial charge in [-0.15, -0.1) is 0 Å². The first-order chi connectivity index (χ1) is 8.38. The Morgan fingerprint density at radius 1 is 1.33 bits per heavy atom. The Morgan fingerprint density at radius 2 is 1.94 bits per heavy atom. The molecule has 0 aliphatic heterocycles. The average molecular weight is 289 g/mol.